The Morgan fingerprint density at radius 3 is 2.61 bits per heavy atom. The summed E-state index contributed by atoms with van der Waals surface area (Å²) in [6, 6.07) is 10.4. The first-order valence-corrected chi connectivity index (χ1v) is 12.0. The minimum Gasteiger partial charge on any atom is -0.478 e. The van der Waals surface area contributed by atoms with Crippen molar-refractivity contribution in [3.63, 3.8) is 0 Å². The molecule has 0 spiro atoms. The van der Waals surface area contributed by atoms with Gasteiger partial charge in [-0.15, -0.1) is 0 Å². The summed E-state index contributed by atoms with van der Waals surface area (Å²) in [6.07, 6.45) is 2.00. The molecule has 180 valence electrons. The highest BCUT2D eigenvalue weighted by Crippen LogP contribution is 2.37. The van der Waals surface area contributed by atoms with Crippen LogP contribution in [0.1, 0.15) is 44.7 Å². The summed E-state index contributed by atoms with van der Waals surface area (Å²) in [4.78, 5) is 21.1. The summed E-state index contributed by atoms with van der Waals surface area (Å²) in [7, 11) is 0. The van der Waals surface area contributed by atoms with E-state index in [9.17, 15) is 4.79 Å². The molecule has 8 heteroatoms. The van der Waals surface area contributed by atoms with Crippen LogP contribution in [0.3, 0.4) is 0 Å². The lowest BCUT2D eigenvalue weighted by molar-refractivity contribution is -0.115. The van der Waals surface area contributed by atoms with E-state index in [1.165, 1.54) is 5.56 Å². The molecule has 33 heavy (non-hydrogen) atoms. The van der Waals surface area contributed by atoms with E-state index in [-0.39, 0.29) is 18.3 Å². The molecule has 2 aliphatic heterocycles. The molecule has 3 N–H and O–H groups in total. The number of carbonyl (C=O) groups excluding carboxylic acids is 1. The quantitative estimate of drug-likeness (QED) is 0.587. The third-order valence-electron chi connectivity index (χ3n) is 5.57. The molecule has 1 aromatic heterocycles. The fraction of sp³-hybridized carbons (Fsp3) is 0.520. The Kier molecular flexibility index (Phi) is 9.33. The standard InChI is InChI=1S/C23H31N5O3.C2H6/c1-2-3-9-31-21-13-19-22(23(24)26-21)25-20(29)16-28(19)15-18-6-4-5-17(12-18)14-27-7-10-30-11-8-27;1-2/h4-6,12-13H,2-3,7-11,14-16H2,1H3,(H2,24,26)(H,25,29);1-2H3. The maximum Gasteiger partial charge on any atom is 0.244 e. The Morgan fingerprint density at radius 2 is 1.88 bits per heavy atom. The van der Waals surface area contributed by atoms with Crippen LogP contribution in [0, 0.1) is 0 Å². The van der Waals surface area contributed by atoms with Crippen LogP contribution in [-0.2, 0) is 22.6 Å². The molecule has 4 rings (SSSR count). The Bertz CT molecular complexity index is 915. The first-order chi connectivity index (χ1) is 16.1. The molecule has 0 unspecified atom stereocenters. The highest BCUT2D eigenvalue weighted by molar-refractivity contribution is 6.04. The van der Waals surface area contributed by atoms with Crippen LogP contribution in [0.4, 0.5) is 17.2 Å². The molecule has 0 atom stereocenters. The smallest absolute Gasteiger partial charge is 0.244 e. The number of unbranched alkanes of at least 4 members (excludes halogenated alkanes) is 1. The normalized spacial score (nSPS) is 15.8. The number of nitrogens with zero attached hydrogens (tertiary/aromatic N) is 3. The van der Waals surface area contributed by atoms with Gasteiger partial charge in [0.1, 0.15) is 5.69 Å². The topological polar surface area (TPSA) is 93.0 Å². The number of benzene rings is 1. The van der Waals surface area contributed by atoms with Gasteiger partial charge in [-0.25, -0.2) is 0 Å². The first-order valence-electron chi connectivity index (χ1n) is 12.0. The number of morpholine rings is 1. The predicted octanol–water partition coefficient (Wildman–Crippen LogP) is 3.66. The zero-order valence-corrected chi connectivity index (χ0v) is 20.1. The van der Waals surface area contributed by atoms with Crippen molar-refractivity contribution in [3.05, 3.63) is 41.5 Å². The molecule has 3 heterocycles. The molecule has 0 radical (unpaired) electrons. The van der Waals surface area contributed by atoms with E-state index in [0.717, 1.165) is 56.9 Å². The second-order valence-electron chi connectivity index (χ2n) is 8.05. The fourth-order valence-electron chi connectivity index (χ4n) is 3.94. The van der Waals surface area contributed by atoms with Crippen LogP contribution in [0.25, 0.3) is 0 Å². The van der Waals surface area contributed by atoms with Crippen molar-refractivity contribution < 1.29 is 14.3 Å². The molecular weight excluding hydrogens is 418 g/mol. The van der Waals surface area contributed by atoms with Crippen molar-refractivity contribution >= 4 is 23.1 Å². The highest BCUT2D eigenvalue weighted by Gasteiger charge is 2.26. The Balaban J connectivity index is 0.00000149. The average Bonchev–Trinajstić information content (AvgIpc) is 2.82. The number of aromatic nitrogens is 1. The van der Waals surface area contributed by atoms with Crippen LogP contribution in [-0.4, -0.2) is 55.2 Å². The monoisotopic (exact) mass is 455 g/mol. The number of rotatable bonds is 8. The molecule has 2 aromatic rings. The van der Waals surface area contributed by atoms with Crippen LogP contribution in [0.5, 0.6) is 5.88 Å². The number of nitrogens with two attached hydrogens (primary N) is 1. The van der Waals surface area contributed by atoms with E-state index in [4.69, 9.17) is 15.2 Å². The molecule has 0 saturated carbocycles. The summed E-state index contributed by atoms with van der Waals surface area (Å²) in [5, 5.41) is 2.86. The molecular formula is C25H37N5O3. The minimum absolute atomic E-state index is 0.0925. The second-order valence-corrected chi connectivity index (χ2v) is 8.05. The van der Waals surface area contributed by atoms with Gasteiger partial charge in [0.15, 0.2) is 5.82 Å². The van der Waals surface area contributed by atoms with Crippen molar-refractivity contribution in [3.8, 4) is 5.88 Å². The number of carbonyl (C=O) groups is 1. The van der Waals surface area contributed by atoms with E-state index in [2.05, 4.69) is 46.4 Å². The van der Waals surface area contributed by atoms with Gasteiger partial charge in [0, 0.05) is 32.2 Å². The first kappa shape index (κ1) is 24.8. The lowest BCUT2D eigenvalue weighted by atomic mass is 10.1. The maximum absolute atomic E-state index is 12.3. The number of hydrogen-bond acceptors (Lipinski definition) is 7. The van der Waals surface area contributed by atoms with Gasteiger partial charge in [-0.3, -0.25) is 9.69 Å². The van der Waals surface area contributed by atoms with Gasteiger partial charge < -0.3 is 25.4 Å². The Morgan fingerprint density at radius 1 is 1.15 bits per heavy atom. The number of nitrogen functional groups attached to an aromatic ring is 1. The summed E-state index contributed by atoms with van der Waals surface area (Å²) >= 11 is 0. The summed E-state index contributed by atoms with van der Waals surface area (Å²) < 4.78 is 11.2. The third-order valence-corrected chi connectivity index (χ3v) is 5.57. The van der Waals surface area contributed by atoms with Gasteiger partial charge in [0.2, 0.25) is 11.8 Å². The number of pyridine rings is 1. The van der Waals surface area contributed by atoms with Crippen LogP contribution in [0.2, 0.25) is 0 Å². The van der Waals surface area contributed by atoms with E-state index in [1.807, 2.05) is 24.8 Å². The maximum atomic E-state index is 12.3. The fourth-order valence-corrected chi connectivity index (χ4v) is 3.94. The number of ether oxygens (including phenoxy) is 2. The highest BCUT2D eigenvalue weighted by atomic mass is 16.5. The van der Waals surface area contributed by atoms with Gasteiger partial charge in [0.05, 0.1) is 32.1 Å². The van der Waals surface area contributed by atoms with Crippen molar-refractivity contribution in [1.82, 2.24) is 9.88 Å². The molecule has 1 saturated heterocycles. The minimum atomic E-state index is -0.0925. The molecule has 0 aliphatic carbocycles. The van der Waals surface area contributed by atoms with Crippen molar-refractivity contribution in [1.29, 1.82) is 0 Å². The molecule has 0 bridgehead atoms. The van der Waals surface area contributed by atoms with E-state index in [1.54, 1.807) is 0 Å². The van der Waals surface area contributed by atoms with Gasteiger partial charge in [-0.2, -0.15) is 4.98 Å². The molecule has 8 nitrogen and oxygen atoms in total. The second kappa shape index (κ2) is 12.4. The van der Waals surface area contributed by atoms with Gasteiger partial charge in [-0.1, -0.05) is 51.5 Å². The molecule has 2 aliphatic rings. The number of fused-ring (bicyclic) bond motifs is 1. The largest absolute Gasteiger partial charge is 0.478 e. The summed E-state index contributed by atoms with van der Waals surface area (Å²) in [6.45, 7) is 12.0. The van der Waals surface area contributed by atoms with Crippen LogP contribution in [0.15, 0.2) is 30.3 Å². The number of nitrogens with one attached hydrogen (secondary N) is 1. The average molecular weight is 456 g/mol. The molecule has 1 aromatic carbocycles. The van der Waals surface area contributed by atoms with Crippen LogP contribution < -0.4 is 20.7 Å². The van der Waals surface area contributed by atoms with Gasteiger partial charge in [0.25, 0.3) is 0 Å². The van der Waals surface area contributed by atoms with Crippen molar-refractivity contribution in [2.45, 2.75) is 46.7 Å². The number of amides is 1. The summed E-state index contributed by atoms with van der Waals surface area (Å²) in [5.41, 5.74) is 9.96. The molecule has 1 amide bonds. The van der Waals surface area contributed by atoms with Gasteiger partial charge >= 0.3 is 0 Å². The third kappa shape index (κ3) is 6.82. The van der Waals surface area contributed by atoms with E-state index < -0.39 is 0 Å². The van der Waals surface area contributed by atoms with Gasteiger partial charge in [-0.05, 0) is 17.5 Å². The van der Waals surface area contributed by atoms with E-state index >= 15 is 0 Å². The van der Waals surface area contributed by atoms with E-state index in [0.29, 0.717) is 24.7 Å². The Labute approximate surface area is 197 Å². The lowest BCUT2D eigenvalue weighted by Crippen LogP contribution is -2.38. The zero-order valence-electron chi connectivity index (χ0n) is 20.1. The zero-order chi connectivity index (χ0) is 23.6. The Hall–Kier alpha value is -2.84. The number of anilines is 3. The van der Waals surface area contributed by atoms with Crippen molar-refractivity contribution in [2.75, 3.05) is 55.4 Å². The number of hydrogen-bond donors (Lipinski definition) is 2. The van der Waals surface area contributed by atoms with Crippen molar-refractivity contribution in [2.24, 2.45) is 0 Å². The van der Waals surface area contributed by atoms with Crippen LogP contribution >= 0.6 is 0 Å². The SMILES string of the molecule is CC.CCCCOc1cc2c(c(N)n1)NC(=O)CN2Cc1cccc(CN2CCOCC2)c1. The lowest BCUT2D eigenvalue weighted by Gasteiger charge is -2.32. The predicted molar refractivity (Wildman–Crippen MR) is 133 cm³/mol. The summed E-state index contributed by atoms with van der Waals surface area (Å²) in [5.74, 6) is 0.681. The molecule has 1 fully saturated rings.